The lowest BCUT2D eigenvalue weighted by atomic mass is 9.66. The van der Waals surface area contributed by atoms with E-state index in [4.69, 9.17) is 4.74 Å². The van der Waals surface area contributed by atoms with E-state index in [9.17, 15) is 23.4 Å². The molecule has 3 N–H and O–H groups in total. The van der Waals surface area contributed by atoms with Gasteiger partial charge < -0.3 is 14.9 Å². The summed E-state index contributed by atoms with van der Waals surface area (Å²) >= 11 is 0. The van der Waals surface area contributed by atoms with Gasteiger partial charge in [0.05, 0.1) is 30.9 Å². The van der Waals surface area contributed by atoms with Gasteiger partial charge in [0.15, 0.2) is 0 Å². The van der Waals surface area contributed by atoms with E-state index in [0.717, 1.165) is 10.7 Å². The van der Waals surface area contributed by atoms with E-state index in [1.165, 1.54) is 0 Å². The predicted octanol–water partition coefficient (Wildman–Crippen LogP) is -0.293. The van der Waals surface area contributed by atoms with Crippen molar-refractivity contribution in [2.75, 3.05) is 13.2 Å². The Balaban J connectivity index is 1.69. The highest BCUT2D eigenvalue weighted by Crippen LogP contribution is 2.45. The monoisotopic (exact) mass is 394 g/mol. The van der Waals surface area contributed by atoms with Crippen molar-refractivity contribution in [2.45, 2.75) is 69.6 Å². The largest absolute Gasteiger partial charge is 0.393 e. The fourth-order valence-corrected chi connectivity index (χ4v) is 5.79. The maximum atomic E-state index is 15.3. The maximum absolute atomic E-state index is 15.3. The third kappa shape index (κ3) is 4.04. The molecule has 8 nitrogen and oxygen atoms in total. The maximum Gasteiger partial charge on any atom is 0.304 e. The molecule has 0 aromatic heterocycles. The number of hydrogen-bond donors (Lipinski definition) is 3. The molecule has 3 fully saturated rings. The normalized spacial score (nSPS) is 41.5. The third-order valence-corrected chi connectivity index (χ3v) is 7.22. The summed E-state index contributed by atoms with van der Waals surface area (Å²) in [6.07, 6.45) is -0.564. The van der Waals surface area contributed by atoms with Crippen LogP contribution in [0.1, 0.15) is 39.0 Å². The summed E-state index contributed by atoms with van der Waals surface area (Å²) in [4.78, 5) is 11.5. The number of fused-ring (bicyclic) bond motifs is 1. The minimum atomic E-state index is -4.10. The summed E-state index contributed by atoms with van der Waals surface area (Å²) in [6, 6.07) is -1.25. The summed E-state index contributed by atoms with van der Waals surface area (Å²) in [5.74, 6) is -1.16. The molecule has 10 heteroatoms. The van der Waals surface area contributed by atoms with E-state index >= 15 is 4.39 Å². The SMILES string of the molecule is C[C@@H](O)CCOC1CCC2CC(O)C(N3CC(=O)NS3(=O)=O)C(F)C2C1. The van der Waals surface area contributed by atoms with Crippen molar-refractivity contribution in [1.82, 2.24) is 9.03 Å². The molecule has 1 heterocycles. The van der Waals surface area contributed by atoms with Gasteiger partial charge in [0.25, 0.3) is 0 Å². The van der Waals surface area contributed by atoms with Gasteiger partial charge in [0.2, 0.25) is 5.91 Å². The first-order chi connectivity index (χ1) is 12.2. The van der Waals surface area contributed by atoms with E-state index in [1.54, 1.807) is 6.92 Å². The fourth-order valence-electron chi connectivity index (χ4n) is 4.46. The Kier molecular flexibility index (Phi) is 5.88. The van der Waals surface area contributed by atoms with Crippen LogP contribution >= 0.6 is 0 Å². The number of alkyl halides is 1. The van der Waals surface area contributed by atoms with Crippen LogP contribution in [0.4, 0.5) is 4.39 Å². The Hall–Kier alpha value is -0.810. The van der Waals surface area contributed by atoms with E-state index in [-0.39, 0.29) is 12.0 Å². The van der Waals surface area contributed by atoms with Crippen LogP contribution in [0.3, 0.4) is 0 Å². The van der Waals surface area contributed by atoms with Crippen LogP contribution in [0.2, 0.25) is 0 Å². The molecule has 3 rings (SSSR count). The predicted molar refractivity (Wildman–Crippen MR) is 89.9 cm³/mol. The van der Waals surface area contributed by atoms with Crippen LogP contribution in [0, 0.1) is 11.8 Å². The number of nitrogens with zero attached hydrogens (tertiary/aromatic N) is 1. The van der Waals surface area contributed by atoms with Crippen LogP contribution in [-0.2, 0) is 19.7 Å². The standard InChI is InChI=1S/C16H27FN2O6S/c1-9(20)4-5-25-11-3-2-10-6-13(21)16(15(17)12(10)7-11)19-8-14(22)18-26(19,23)24/h9-13,15-16,20-21H,2-8H2,1H3,(H,18,22)/t9-,10?,11?,12?,13?,15?,16?/m1/s1. The third-order valence-electron chi connectivity index (χ3n) is 5.75. The molecular formula is C16H27FN2O6S. The van der Waals surface area contributed by atoms with Gasteiger partial charge in [-0.05, 0) is 50.9 Å². The molecule has 0 spiro atoms. The van der Waals surface area contributed by atoms with Gasteiger partial charge in [-0.15, -0.1) is 0 Å². The average Bonchev–Trinajstić information content (AvgIpc) is 2.80. The Morgan fingerprint density at radius 3 is 2.73 bits per heavy atom. The van der Waals surface area contributed by atoms with Crippen molar-refractivity contribution < 1.29 is 32.6 Å². The molecule has 6 unspecified atom stereocenters. The summed E-state index contributed by atoms with van der Waals surface area (Å²) in [6.45, 7) is 1.61. The van der Waals surface area contributed by atoms with Crippen LogP contribution < -0.4 is 4.72 Å². The lowest BCUT2D eigenvalue weighted by Crippen LogP contribution is -2.59. The Bertz CT molecular complexity index is 630. The van der Waals surface area contributed by atoms with Gasteiger partial charge in [-0.2, -0.15) is 12.7 Å². The number of carbonyl (C=O) groups excluding carboxylic acids is 1. The van der Waals surface area contributed by atoms with Crippen molar-refractivity contribution in [2.24, 2.45) is 11.8 Å². The number of nitrogens with one attached hydrogen (secondary N) is 1. The molecule has 150 valence electrons. The number of carbonyl (C=O) groups is 1. The summed E-state index contributed by atoms with van der Waals surface area (Å²) in [5, 5.41) is 19.7. The lowest BCUT2D eigenvalue weighted by molar-refractivity contribution is -0.120. The van der Waals surface area contributed by atoms with Crippen LogP contribution in [0.15, 0.2) is 0 Å². The number of halogens is 1. The average molecular weight is 394 g/mol. The molecule has 3 aliphatic rings. The highest BCUT2D eigenvalue weighted by molar-refractivity contribution is 7.88. The van der Waals surface area contributed by atoms with Gasteiger partial charge in [0.1, 0.15) is 6.17 Å². The molecule has 26 heavy (non-hydrogen) atoms. The second kappa shape index (κ2) is 7.67. The molecular weight excluding hydrogens is 367 g/mol. The van der Waals surface area contributed by atoms with E-state index in [2.05, 4.69) is 0 Å². The van der Waals surface area contributed by atoms with Crippen molar-refractivity contribution in [3.05, 3.63) is 0 Å². The van der Waals surface area contributed by atoms with Crippen LogP contribution in [0.25, 0.3) is 0 Å². The number of aliphatic hydroxyl groups excluding tert-OH is 2. The summed E-state index contributed by atoms with van der Waals surface area (Å²) in [5.41, 5.74) is 0. The van der Waals surface area contributed by atoms with Crippen molar-refractivity contribution in [3.63, 3.8) is 0 Å². The van der Waals surface area contributed by atoms with Crippen molar-refractivity contribution >= 4 is 16.1 Å². The van der Waals surface area contributed by atoms with Gasteiger partial charge in [-0.3, -0.25) is 4.79 Å². The molecule has 7 atom stereocenters. The molecule has 0 radical (unpaired) electrons. The zero-order chi connectivity index (χ0) is 19.1. The highest BCUT2D eigenvalue weighted by atomic mass is 32.2. The first-order valence-electron chi connectivity index (χ1n) is 9.13. The zero-order valence-electron chi connectivity index (χ0n) is 14.8. The lowest BCUT2D eigenvalue weighted by Gasteiger charge is -2.47. The Morgan fingerprint density at radius 1 is 1.38 bits per heavy atom. The Morgan fingerprint density at radius 2 is 2.12 bits per heavy atom. The molecule has 0 aromatic rings. The fraction of sp³-hybridized carbons (Fsp3) is 0.938. The second-order valence-electron chi connectivity index (χ2n) is 7.68. The van der Waals surface area contributed by atoms with Gasteiger partial charge in [-0.1, -0.05) is 0 Å². The number of amides is 1. The quantitative estimate of drug-likeness (QED) is 0.590. The molecule has 1 saturated heterocycles. The number of hydrogen-bond acceptors (Lipinski definition) is 6. The number of aliphatic hydroxyl groups is 2. The minimum absolute atomic E-state index is 0.0261. The second-order valence-corrected chi connectivity index (χ2v) is 9.30. The molecule has 2 saturated carbocycles. The van der Waals surface area contributed by atoms with Crippen molar-refractivity contribution in [1.29, 1.82) is 0 Å². The molecule has 0 bridgehead atoms. The van der Waals surface area contributed by atoms with Gasteiger partial charge in [0, 0.05) is 6.61 Å². The van der Waals surface area contributed by atoms with Crippen LogP contribution in [-0.4, -0.2) is 72.5 Å². The minimum Gasteiger partial charge on any atom is -0.393 e. The highest BCUT2D eigenvalue weighted by Gasteiger charge is 2.53. The van der Waals surface area contributed by atoms with E-state index in [0.29, 0.717) is 32.3 Å². The smallest absolute Gasteiger partial charge is 0.304 e. The first-order valence-corrected chi connectivity index (χ1v) is 10.6. The topological polar surface area (TPSA) is 116 Å². The molecule has 1 amide bonds. The zero-order valence-corrected chi connectivity index (χ0v) is 15.6. The Labute approximate surface area is 152 Å². The number of ether oxygens (including phenoxy) is 1. The van der Waals surface area contributed by atoms with Gasteiger partial charge in [-0.25, -0.2) is 9.11 Å². The van der Waals surface area contributed by atoms with Gasteiger partial charge >= 0.3 is 10.2 Å². The summed E-state index contributed by atoms with van der Waals surface area (Å²) < 4.78 is 47.7. The van der Waals surface area contributed by atoms with E-state index < -0.39 is 53.0 Å². The molecule has 2 aliphatic carbocycles. The first kappa shape index (κ1) is 19.9. The number of rotatable bonds is 5. The van der Waals surface area contributed by atoms with Crippen LogP contribution in [0.5, 0.6) is 0 Å². The van der Waals surface area contributed by atoms with E-state index in [1.807, 2.05) is 4.72 Å². The summed E-state index contributed by atoms with van der Waals surface area (Å²) in [7, 11) is -4.10. The molecule has 1 aliphatic heterocycles. The van der Waals surface area contributed by atoms with Crippen molar-refractivity contribution in [3.8, 4) is 0 Å². The molecule has 0 aromatic carbocycles.